The van der Waals surface area contributed by atoms with Crippen LogP contribution in [0.1, 0.15) is 17.0 Å². The number of ether oxygens (including phenoxy) is 2. The van der Waals surface area contributed by atoms with Crippen LogP contribution in [0.3, 0.4) is 0 Å². The summed E-state index contributed by atoms with van der Waals surface area (Å²) in [6.07, 6.45) is 3.99. The molecule has 2 N–H and O–H groups in total. The number of hydrogen-bond acceptors (Lipinski definition) is 4. The first kappa shape index (κ1) is 20.7. The van der Waals surface area contributed by atoms with Crippen molar-refractivity contribution in [3.05, 3.63) is 80.9 Å². The third kappa shape index (κ3) is 3.99. The molecule has 0 spiro atoms. The molecule has 162 valence electrons. The van der Waals surface area contributed by atoms with Gasteiger partial charge in [-0.05, 0) is 64.0 Å². The lowest BCUT2D eigenvalue weighted by molar-refractivity contribution is 0.275. The average molecular weight is 546 g/mol. The Morgan fingerprint density at radius 3 is 2.78 bits per heavy atom. The molecule has 0 saturated heterocycles. The van der Waals surface area contributed by atoms with Crippen LogP contribution < -0.4 is 9.47 Å². The first-order chi connectivity index (χ1) is 15.5. The van der Waals surface area contributed by atoms with Crippen LogP contribution >= 0.6 is 22.6 Å². The number of halogens is 3. The molecule has 5 aromatic rings. The van der Waals surface area contributed by atoms with Crippen molar-refractivity contribution in [3.8, 4) is 11.5 Å². The number of fused-ring (bicyclic) bond motifs is 2. The van der Waals surface area contributed by atoms with Gasteiger partial charge in [-0.15, -0.1) is 0 Å². The number of nitrogens with zero attached hydrogens (tertiary/aromatic N) is 2. The van der Waals surface area contributed by atoms with E-state index in [-0.39, 0.29) is 18.2 Å². The van der Waals surface area contributed by atoms with Crippen LogP contribution in [0.15, 0.2) is 48.8 Å². The molecule has 32 heavy (non-hydrogen) atoms. The predicted molar refractivity (Wildman–Crippen MR) is 125 cm³/mol. The third-order valence-corrected chi connectivity index (χ3v) is 5.74. The van der Waals surface area contributed by atoms with Gasteiger partial charge in [0.1, 0.15) is 29.7 Å². The van der Waals surface area contributed by atoms with Gasteiger partial charge in [0.25, 0.3) is 0 Å². The van der Waals surface area contributed by atoms with E-state index in [1.165, 1.54) is 25.3 Å². The molecule has 0 unspecified atom stereocenters. The minimum atomic E-state index is -0.402. The van der Waals surface area contributed by atoms with Gasteiger partial charge in [0.05, 0.1) is 18.1 Å². The summed E-state index contributed by atoms with van der Waals surface area (Å²) < 4.78 is 40.5. The number of aromatic amines is 2. The van der Waals surface area contributed by atoms with E-state index in [4.69, 9.17) is 9.47 Å². The maximum atomic E-state index is 14.9. The van der Waals surface area contributed by atoms with Gasteiger partial charge in [0, 0.05) is 33.8 Å². The maximum absolute atomic E-state index is 14.9. The number of rotatable bonds is 6. The van der Waals surface area contributed by atoms with Crippen LogP contribution in [0.5, 0.6) is 11.5 Å². The Morgan fingerprint density at radius 2 is 1.94 bits per heavy atom. The molecule has 0 aliphatic carbocycles. The molecular formula is C23H17F2IN4O2. The molecule has 6 nitrogen and oxygen atoms in total. The molecule has 0 saturated carbocycles. The van der Waals surface area contributed by atoms with E-state index < -0.39 is 5.82 Å². The van der Waals surface area contributed by atoms with Crippen LogP contribution in [0.25, 0.3) is 22.1 Å². The summed E-state index contributed by atoms with van der Waals surface area (Å²) in [4.78, 5) is 14.8. The van der Waals surface area contributed by atoms with Gasteiger partial charge in [-0.1, -0.05) is 0 Å². The molecule has 3 aromatic heterocycles. The first-order valence-corrected chi connectivity index (χ1v) is 10.8. The molecular weight excluding hydrogens is 529 g/mol. The topological polar surface area (TPSA) is 75.8 Å². The molecule has 9 heteroatoms. The Morgan fingerprint density at radius 1 is 1.06 bits per heavy atom. The number of methoxy groups -OCH3 is 1. The summed E-state index contributed by atoms with van der Waals surface area (Å²) in [5.74, 6) is 0.415. The molecule has 0 fully saturated rings. The maximum Gasteiger partial charge on any atom is 0.164 e. The Labute approximate surface area is 195 Å². The molecule has 0 aliphatic rings. The first-order valence-electron chi connectivity index (χ1n) is 9.75. The quantitative estimate of drug-likeness (QED) is 0.276. The van der Waals surface area contributed by atoms with E-state index in [9.17, 15) is 8.78 Å². The number of pyridine rings is 1. The van der Waals surface area contributed by atoms with E-state index in [1.807, 2.05) is 12.3 Å². The Bertz CT molecular complexity index is 1450. The van der Waals surface area contributed by atoms with Crippen molar-refractivity contribution in [2.45, 2.75) is 13.0 Å². The number of benzene rings is 2. The summed E-state index contributed by atoms with van der Waals surface area (Å²) in [7, 11) is 1.51. The molecule has 2 aromatic carbocycles. The minimum Gasteiger partial charge on any atom is -0.493 e. The second-order valence-corrected chi connectivity index (χ2v) is 8.51. The molecule has 0 amide bonds. The van der Waals surface area contributed by atoms with Crippen LogP contribution in [-0.2, 0) is 13.0 Å². The van der Waals surface area contributed by atoms with Gasteiger partial charge in [0.15, 0.2) is 11.5 Å². The zero-order valence-corrected chi connectivity index (χ0v) is 19.0. The SMILES string of the molecule is COc1cc(Cc2c[nH]c3ncc(I)cc23)c(F)cc1OCc1nc2ccc(F)cc2[nH]1. The molecule has 0 bridgehead atoms. The third-order valence-electron chi connectivity index (χ3n) is 5.15. The smallest absolute Gasteiger partial charge is 0.164 e. The fourth-order valence-corrected chi connectivity index (χ4v) is 4.07. The normalized spacial score (nSPS) is 11.4. The van der Waals surface area contributed by atoms with Crippen molar-refractivity contribution >= 4 is 44.7 Å². The highest BCUT2D eigenvalue weighted by Crippen LogP contribution is 2.33. The highest BCUT2D eigenvalue weighted by molar-refractivity contribution is 14.1. The molecule has 0 atom stereocenters. The lowest BCUT2D eigenvalue weighted by Gasteiger charge is -2.12. The van der Waals surface area contributed by atoms with Gasteiger partial charge in [0.2, 0.25) is 0 Å². The highest BCUT2D eigenvalue weighted by Gasteiger charge is 2.15. The Hall–Kier alpha value is -3.21. The van der Waals surface area contributed by atoms with E-state index in [0.717, 1.165) is 20.2 Å². The molecule has 0 aliphatic heterocycles. The van der Waals surface area contributed by atoms with Gasteiger partial charge in [-0.2, -0.15) is 0 Å². The zero-order valence-electron chi connectivity index (χ0n) is 16.9. The standard InChI is InChI=1S/C23H17F2IN4O2/c1-31-20-5-12(4-13-9-27-23-16(13)7-15(26)10-28-23)17(25)8-21(20)32-11-22-29-18-3-2-14(24)6-19(18)30-22/h2-3,5-10H,4,11H2,1H3,(H,27,28)(H,29,30). The van der Waals surface area contributed by atoms with E-state index >= 15 is 0 Å². The largest absolute Gasteiger partial charge is 0.493 e. The summed E-state index contributed by atoms with van der Waals surface area (Å²) in [6.45, 7) is 0.0536. The Balaban J connectivity index is 1.39. The predicted octanol–water partition coefficient (Wildman–Crippen LogP) is 5.50. The average Bonchev–Trinajstić information content (AvgIpc) is 3.36. The van der Waals surface area contributed by atoms with Crippen molar-refractivity contribution in [2.75, 3.05) is 7.11 Å². The summed E-state index contributed by atoms with van der Waals surface area (Å²) in [5, 5.41) is 0.955. The number of H-pyrrole nitrogens is 2. The van der Waals surface area contributed by atoms with Gasteiger partial charge in [-0.3, -0.25) is 0 Å². The number of aromatic nitrogens is 4. The van der Waals surface area contributed by atoms with E-state index in [2.05, 4.69) is 42.5 Å². The summed E-state index contributed by atoms with van der Waals surface area (Å²) in [6, 6.07) is 9.26. The fourth-order valence-electron chi connectivity index (χ4n) is 3.62. The van der Waals surface area contributed by atoms with Gasteiger partial charge < -0.3 is 19.4 Å². The zero-order chi connectivity index (χ0) is 22.2. The van der Waals surface area contributed by atoms with Crippen molar-refractivity contribution in [1.29, 1.82) is 0 Å². The fraction of sp³-hybridized carbons (Fsp3) is 0.130. The monoisotopic (exact) mass is 546 g/mol. The second kappa shape index (κ2) is 8.38. The molecule has 5 rings (SSSR count). The van der Waals surface area contributed by atoms with Crippen LogP contribution in [0.2, 0.25) is 0 Å². The van der Waals surface area contributed by atoms with E-state index in [0.29, 0.717) is 34.6 Å². The summed E-state index contributed by atoms with van der Waals surface area (Å²) in [5.41, 5.74) is 3.38. The number of hydrogen-bond donors (Lipinski definition) is 2. The van der Waals surface area contributed by atoms with E-state index in [1.54, 1.807) is 18.3 Å². The van der Waals surface area contributed by atoms with Crippen molar-refractivity contribution in [3.63, 3.8) is 0 Å². The lowest BCUT2D eigenvalue weighted by Crippen LogP contribution is -2.02. The van der Waals surface area contributed by atoms with Crippen molar-refractivity contribution in [1.82, 2.24) is 19.9 Å². The van der Waals surface area contributed by atoms with Crippen LogP contribution in [-0.4, -0.2) is 27.0 Å². The summed E-state index contributed by atoms with van der Waals surface area (Å²) >= 11 is 2.20. The minimum absolute atomic E-state index is 0.0536. The Kier molecular flexibility index (Phi) is 5.41. The molecule has 3 heterocycles. The van der Waals surface area contributed by atoms with Gasteiger partial charge >= 0.3 is 0 Å². The molecule has 0 radical (unpaired) electrons. The number of imidazole rings is 1. The number of nitrogens with one attached hydrogen (secondary N) is 2. The van der Waals surface area contributed by atoms with Crippen LogP contribution in [0.4, 0.5) is 8.78 Å². The van der Waals surface area contributed by atoms with Crippen molar-refractivity contribution < 1.29 is 18.3 Å². The second-order valence-electron chi connectivity index (χ2n) is 7.27. The van der Waals surface area contributed by atoms with Crippen LogP contribution in [0, 0.1) is 15.2 Å². The van der Waals surface area contributed by atoms with Crippen molar-refractivity contribution in [2.24, 2.45) is 0 Å². The highest BCUT2D eigenvalue weighted by atomic mass is 127. The lowest BCUT2D eigenvalue weighted by atomic mass is 10.0. The van der Waals surface area contributed by atoms with Gasteiger partial charge in [-0.25, -0.2) is 18.7 Å².